The van der Waals surface area contributed by atoms with Crippen molar-refractivity contribution >= 4 is 17.7 Å². The highest BCUT2D eigenvalue weighted by Crippen LogP contribution is 2.46. The van der Waals surface area contributed by atoms with Crippen LogP contribution in [-0.2, 0) is 23.9 Å². The van der Waals surface area contributed by atoms with Crippen LogP contribution in [0.3, 0.4) is 0 Å². The molecule has 7 heteroatoms. The average Bonchev–Trinajstić information content (AvgIpc) is 2.73. The summed E-state index contributed by atoms with van der Waals surface area (Å²) in [5.41, 5.74) is 1.95. The number of dihydropyridines is 1. The molecular formula is C25H30FNO5. The second-order valence-electron chi connectivity index (χ2n) is 8.11. The first kappa shape index (κ1) is 23.7. The summed E-state index contributed by atoms with van der Waals surface area (Å²) in [5, 5.41) is 3.28. The van der Waals surface area contributed by atoms with Crippen molar-refractivity contribution in [3.05, 3.63) is 58.2 Å². The second kappa shape index (κ2) is 10.1. The van der Waals surface area contributed by atoms with E-state index in [0.717, 1.165) is 6.42 Å². The molecule has 1 aromatic rings. The van der Waals surface area contributed by atoms with Crippen LogP contribution in [0.2, 0.25) is 0 Å². The highest BCUT2D eigenvalue weighted by molar-refractivity contribution is 6.12. The topological polar surface area (TPSA) is 81.7 Å². The molecule has 0 fully saturated rings. The van der Waals surface area contributed by atoms with Gasteiger partial charge in [0.1, 0.15) is 11.7 Å². The van der Waals surface area contributed by atoms with Gasteiger partial charge in [0.05, 0.1) is 24.7 Å². The normalized spacial score (nSPS) is 22.9. The quantitative estimate of drug-likeness (QED) is 0.503. The van der Waals surface area contributed by atoms with Crippen LogP contribution in [0.4, 0.5) is 4.39 Å². The number of hydrogen-bond donors (Lipinski definition) is 1. The van der Waals surface area contributed by atoms with Crippen LogP contribution in [0.15, 0.2) is 46.8 Å². The molecule has 1 N–H and O–H groups in total. The smallest absolute Gasteiger partial charge is 0.336 e. The third kappa shape index (κ3) is 4.33. The van der Waals surface area contributed by atoms with Gasteiger partial charge in [0.2, 0.25) is 0 Å². The molecule has 0 aromatic heterocycles. The van der Waals surface area contributed by atoms with Crippen molar-refractivity contribution in [3.8, 4) is 0 Å². The van der Waals surface area contributed by atoms with Gasteiger partial charge in [-0.25, -0.2) is 9.18 Å². The van der Waals surface area contributed by atoms with Gasteiger partial charge in [0.25, 0.3) is 0 Å². The van der Waals surface area contributed by atoms with Crippen molar-refractivity contribution in [2.45, 2.75) is 52.9 Å². The first-order valence-electron chi connectivity index (χ1n) is 11.2. The molecule has 1 heterocycles. The molecule has 0 radical (unpaired) electrons. The minimum atomic E-state index is -0.999. The molecule has 1 aromatic carbocycles. The van der Waals surface area contributed by atoms with E-state index in [0.29, 0.717) is 24.2 Å². The Balaban J connectivity index is 2.23. The van der Waals surface area contributed by atoms with E-state index >= 15 is 4.39 Å². The first-order chi connectivity index (χ1) is 15.3. The third-order valence-electron chi connectivity index (χ3n) is 5.92. The van der Waals surface area contributed by atoms with Crippen molar-refractivity contribution in [1.82, 2.24) is 5.32 Å². The SMILES string of the molecule is CCCC1=C(C(=O)OCC)[C@H](c2ccccc2F)C2=C(C[C@H](C)[C@@H](C(=O)OCC)C2=O)N1. The van der Waals surface area contributed by atoms with Gasteiger partial charge in [-0.2, -0.15) is 0 Å². The van der Waals surface area contributed by atoms with Crippen LogP contribution in [0.25, 0.3) is 0 Å². The predicted octanol–water partition coefficient (Wildman–Crippen LogP) is 4.17. The fraction of sp³-hybridized carbons (Fsp3) is 0.480. The molecule has 0 unspecified atom stereocenters. The highest BCUT2D eigenvalue weighted by Gasteiger charge is 2.48. The fourth-order valence-corrected chi connectivity index (χ4v) is 4.62. The van der Waals surface area contributed by atoms with Crippen LogP contribution >= 0.6 is 0 Å². The Morgan fingerprint density at radius 1 is 1.12 bits per heavy atom. The number of carbonyl (C=O) groups excluding carboxylic acids is 3. The van der Waals surface area contributed by atoms with Crippen LogP contribution in [-0.4, -0.2) is 30.9 Å². The lowest BCUT2D eigenvalue weighted by Crippen LogP contribution is -2.44. The van der Waals surface area contributed by atoms with Crippen LogP contribution in [0, 0.1) is 17.7 Å². The number of allylic oxidation sites excluding steroid dienone is 3. The third-order valence-corrected chi connectivity index (χ3v) is 5.92. The van der Waals surface area contributed by atoms with Crippen molar-refractivity contribution in [2.24, 2.45) is 11.8 Å². The zero-order chi connectivity index (χ0) is 23.4. The van der Waals surface area contributed by atoms with Crippen molar-refractivity contribution in [3.63, 3.8) is 0 Å². The standard InChI is InChI=1S/C25H30FNO5/c1-5-10-17-22(25(30)32-7-3)20(15-11-8-9-12-16(15)26)21-18(27-17)13-14(4)19(23(21)28)24(29)31-6-2/h8-9,11-12,14,19-20,27H,5-7,10,13H2,1-4H3/t14-,19+,20+/m0/s1. The molecule has 6 nitrogen and oxygen atoms in total. The average molecular weight is 444 g/mol. The first-order valence-corrected chi connectivity index (χ1v) is 11.2. The number of rotatable bonds is 7. The van der Waals surface area contributed by atoms with Crippen molar-refractivity contribution in [2.75, 3.05) is 13.2 Å². The molecular weight excluding hydrogens is 413 g/mol. The Kier molecular flexibility index (Phi) is 7.48. The monoisotopic (exact) mass is 443 g/mol. The lowest BCUT2D eigenvalue weighted by atomic mass is 9.68. The molecule has 0 saturated heterocycles. The Morgan fingerprint density at radius 2 is 1.81 bits per heavy atom. The summed E-state index contributed by atoms with van der Waals surface area (Å²) in [4.78, 5) is 39.4. The molecule has 3 atom stereocenters. The Bertz CT molecular complexity index is 980. The molecule has 1 aliphatic heterocycles. The summed E-state index contributed by atoms with van der Waals surface area (Å²) in [7, 11) is 0. The summed E-state index contributed by atoms with van der Waals surface area (Å²) in [6, 6.07) is 6.10. The van der Waals surface area contributed by atoms with Gasteiger partial charge < -0.3 is 14.8 Å². The van der Waals surface area contributed by atoms with Gasteiger partial charge in [-0.1, -0.05) is 38.5 Å². The summed E-state index contributed by atoms with van der Waals surface area (Å²) in [6.45, 7) is 7.49. The van der Waals surface area contributed by atoms with E-state index in [9.17, 15) is 14.4 Å². The molecule has 2 aliphatic rings. The largest absolute Gasteiger partial charge is 0.465 e. The summed E-state index contributed by atoms with van der Waals surface area (Å²) in [5.74, 6) is -4.39. The Morgan fingerprint density at radius 3 is 2.44 bits per heavy atom. The summed E-state index contributed by atoms with van der Waals surface area (Å²) >= 11 is 0. The van der Waals surface area contributed by atoms with E-state index in [4.69, 9.17) is 9.47 Å². The Labute approximate surface area is 187 Å². The van der Waals surface area contributed by atoms with Gasteiger partial charge in [-0.3, -0.25) is 9.59 Å². The van der Waals surface area contributed by atoms with Crippen molar-refractivity contribution in [1.29, 1.82) is 0 Å². The van der Waals surface area contributed by atoms with E-state index in [2.05, 4.69) is 5.32 Å². The molecule has 0 spiro atoms. The number of esters is 2. The predicted molar refractivity (Wildman–Crippen MR) is 117 cm³/mol. The van der Waals surface area contributed by atoms with E-state index < -0.39 is 35.4 Å². The molecule has 0 amide bonds. The zero-order valence-corrected chi connectivity index (χ0v) is 19.0. The lowest BCUT2D eigenvalue weighted by Gasteiger charge is -2.39. The van der Waals surface area contributed by atoms with Crippen LogP contribution < -0.4 is 5.32 Å². The molecule has 0 bridgehead atoms. The molecule has 1 aliphatic carbocycles. The van der Waals surface area contributed by atoms with E-state index in [1.54, 1.807) is 32.0 Å². The number of halogens is 1. The van der Waals surface area contributed by atoms with E-state index in [1.165, 1.54) is 6.07 Å². The number of benzene rings is 1. The molecule has 3 rings (SSSR count). The number of ketones is 1. The molecule has 32 heavy (non-hydrogen) atoms. The van der Waals surface area contributed by atoms with Crippen LogP contribution in [0.5, 0.6) is 0 Å². The molecule has 0 saturated carbocycles. The van der Waals surface area contributed by atoms with Gasteiger partial charge in [0.15, 0.2) is 5.78 Å². The number of ether oxygens (including phenoxy) is 2. The van der Waals surface area contributed by atoms with Crippen molar-refractivity contribution < 1.29 is 28.2 Å². The van der Waals surface area contributed by atoms with Gasteiger partial charge >= 0.3 is 11.9 Å². The van der Waals surface area contributed by atoms with E-state index in [-0.39, 0.29) is 35.8 Å². The van der Waals surface area contributed by atoms with Gasteiger partial charge in [-0.05, 0) is 38.7 Å². The molecule has 172 valence electrons. The number of hydrogen-bond acceptors (Lipinski definition) is 6. The van der Waals surface area contributed by atoms with E-state index in [1.807, 2.05) is 13.8 Å². The Hall–Kier alpha value is -2.96. The number of nitrogens with one attached hydrogen (secondary N) is 1. The lowest BCUT2D eigenvalue weighted by molar-refractivity contribution is -0.153. The number of carbonyl (C=O) groups is 3. The second-order valence-corrected chi connectivity index (χ2v) is 8.11. The summed E-state index contributed by atoms with van der Waals surface area (Å²) < 4.78 is 25.5. The maximum atomic E-state index is 15.0. The maximum absolute atomic E-state index is 15.0. The summed E-state index contributed by atoms with van der Waals surface area (Å²) in [6.07, 6.45) is 1.70. The number of Topliss-reactive ketones (excluding diaryl/α,β-unsaturated/α-hetero) is 1. The van der Waals surface area contributed by atoms with Crippen LogP contribution in [0.1, 0.15) is 58.4 Å². The zero-order valence-electron chi connectivity index (χ0n) is 19.0. The maximum Gasteiger partial charge on any atom is 0.336 e. The fourth-order valence-electron chi connectivity index (χ4n) is 4.62. The van der Waals surface area contributed by atoms with Gasteiger partial charge in [-0.15, -0.1) is 0 Å². The van der Waals surface area contributed by atoms with Gasteiger partial charge in [0, 0.05) is 22.5 Å². The highest BCUT2D eigenvalue weighted by atomic mass is 19.1. The minimum absolute atomic E-state index is 0.147. The minimum Gasteiger partial charge on any atom is -0.465 e.